The number of ether oxygens (including phenoxy) is 1. The molecule has 0 saturated heterocycles. The lowest BCUT2D eigenvalue weighted by molar-refractivity contribution is 0.182. The Kier molecular flexibility index (Phi) is 8.02. The second-order valence-corrected chi connectivity index (χ2v) is 8.31. The van der Waals surface area contributed by atoms with Gasteiger partial charge in [-0.3, -0.25) is 0 Å². The van der Waals surface area contributed by atoms with E-state index >= 15 is 0 Å². The van der Waals surface area contributed by atoms with Crippen molar-refractivity contribution in [1.82, 2.24) is 0 Å². The maximum Gasteiger partial charge on any atom is 0.458 e. The summed E-state index contributed by atoms with van der Waals surface area (Å²) in [5.74, 6) is 1.03. The van der Waals surface area contributed by atoms with Gasteiger partial charge in [0.1, 0.15) is 18.1 Å². The van der Waals surface area contributed by atoms with Gasteiger partial charge in [-0.2, -0.15) is 0 Å². The van der Waals surface area contributed by atoms with E-state index < -0.39 is 7.12 Å². The lowest BCUT2D eigenvalue weighted by Crippen LogP contribution is -2.32. The van der Waals surface area contributed by atoms with Crippen molar-refractivity contribution in [3.05, 3.63) is 120 Å². The molecule has 1 atom stereocenters. The minimum absolute atomic E-state index is 0.243. The molecule has 0 spiro atoms. The number of rotatable bonds is 9. The Morgan fingerprint density at radius 1 is 1.00 bits per heavy atom. The van der Waals surface area contributed by atoms with Gasteiger partial charge in [-0.25, -0.2) is 0 Å². The summed E-state index contributed by atoms with van der Waals surface area (Å²) in [6, 6.07) is 27.1. The minimum atomic E-state index is -0.834. The van der Waals surface area contributed by atoms with Crippen molar-refractivity contribution in [2.75, 3.05) is 6.61 Å². The summed E-state index contributed by atoms with van der Waals surface area (Å²) in [7, 11) is -0.834. The molecule has 1 unspecified atom stereocenters. The average molecular weight is 452 g/mol. The quantitative estimate of drug-likeness (QED) is 0.302. The number of allylic oxidation sites excluding steroid dienone is 2. The fourth-order valence-electron chi connectivity index (χ4n) is 4.08. The lowest BCUT2D eigenvalue weighted by atomic mass is 9.78. The highest BCUT2D eigenvalue weighted by Gasteiger charge is 2.28. The first-order valence-corrected chi connectivity index (χ1v) is 11.5. The van der Waals surface area contributed by atoms with Crippen LogP contribution < -0.4 is 4.74 Å². The Hall–Kier alpha value is -3.54. The van der Waals surface area contributed by atoms with Crippen molar-refractivity contribution in [2.45, 2.75) is 25.3 Å². The van der Waals surface area contributed by atoms with Gasteiger partial charge in [0, 0.05) is 11.9 Å². The fourth-order valence-corrected chi connectivity index (χ4v) is 4.08. The SMILES string of the molecule is C=C(COc1ccccc1)C1=CCB(O)OC1CC/C(=C/c1ccccc1O)c1ccccc1. The summed E-state index contributed by atoms with van der Waals surface area (Å²) in [5.41, 5.74) is 4.74. The smallest absolute Gasteiger partial charge is 0.458 e. The van der Waals surface area contributed by atoms with E-state index in [0.717, 1.165) is 33.6 Å². The van der Waals surface area contributed by atoms with E-state index in [9.17, 15) is 10.1 Å². The predicted molar refractivity (Wildman–Crippen MR) is 138 cm³/mol. The molecule has 3 aromatic carbocycles. The predicted octanol–water partition coefficient (Wildman–Crippen LogP) is 6.15. The van der Waals surface area contributed by atoms with E-state index in [4.69, 9.17) is 9.39 Å². The van der Waals surface area contributed by atoms with Crippen LogP contribution in [0.2, 0.25) is 6.32 Å². The third-order valence-corrected chi connectivity index (χ3v) is 5.86. The molecule has 0 saturated carbocycles. The van der Waals surface area contributed by atoms with Gasteiger partial charge >= 0.3 is 7.12 Å². The third-order valence-electron chi connectivity index (χ3n) is 5.86. The van der Waals surface area contributed by atoms with Gasteiger partial charge in [0.2, 0.25) is 0 Å². The van der Waals surface area contributed by atoms with Crippen LogP contribution in [0.4, 0.5) is 0 Å². The second-order valence-electron chi connectivity index (χ2n) is 8.31. The zero-order valence-corrected chi connectivity index (χ0v) is 19.1. The number of phenols is 1. The van der Waals surface area contributed by atoms with Crippen molar-refractivity contribution in [3.8, 4) is 11.5 Å². The molecule has 0 aliphatic carbocycles. The largest absolute Gasteiger partial charge is 0.507 e. The zero-order valence-electron chi connectivity index (χ0n) is 19.1. The molecule has 4 nitrogen and oxygen atoms in total. The third kappa shape index (κ3) is 6.28. The molecule has 1 aliphatic heterocycles. The molecular weight excluding hydrogens is 423 g/mol. The summed E-state index contributed by atoms with van der Waals surface area (Å²) in [4.78, 5) is 0. The molecule has 34 heavy (non-hydrogen) atoms. The Bertz CT molecular complexity index is 1160. The van der Waals surface area contributed by atoms with Gasteiger partial charge in [-0.15, -0.1) is 0 Å². The maximum atomic E-state index is 10.3. The number of hydrogen-bond acceptors (Lipinski definition) is 4. The topological polar surface area (TPSA) is 58.9 Å². The average Bonchev–Trinajstić information content (AvgIpc) is 2.87. The van der Waals surface area contributed by atoms with Crippen LogP contribution in [0, 0.1) is 0 Å². The molecule has 0 bridgehead atoms. The highest BCUT2D eigenvalue weighted by molar-refractivity contribution is 6.43. The molecule has 0 amide bonds. The van der Waals surface area contributed by atoms with Crippen molar-refractivity contribution < 1.29 is 19.5 Å². The molecule has 2 N–H and O–H groups in total. The van der Waals surface area contributed by atoms with Crippen LogP contribution in [-0.2, 0) is 4.65 Å². The molecule has 0 fully saturated rings. The Labute approximate surface area is 201 Å². The van der Waals surface area contributed by atoms with Gasteiger partial charge < -0.3 is 19.5 Å². The van der Waals surface area contributed by atoms with Crippen molar-refractivity contribution in [2.24, 2.45) is 0 Å². The lowest BCUT2D eigenvalue weighted by Gasteiger charge is -2.28. The normalized spacial score (nSPS) is 16.1. The Morgan fingerprint density at radius 2 is 1.68 bits per heavy atom. The van der Waals surface area contributed by atoms with Crippen LogP contribution in [0.3, 0.4) is 0 Å². The van der Waals surface area contributed by atoms with E-state index in [1.807, 2.05) is 78.9 Å². The summed E-state index contributed by atoms with van der Waals surface area (Å²) < 4.78 is 11.8. The molecular formula is C29H29BO4. The number of aromatic hydroxyl groups is 1. The summed E-state index contributed by atoms with van der Waals surface area (Å²) in [6.07, 6.45) is 5.49. The highest BCUT2D eigenvalue weighted by Crippen LogP contribution is 2.32. The van der Waals surface area contributed by atoms with Crippen LogP contribution in [0.25, 0.3) is 11.6 Å². The summed E-state index contributed by atoms with van der Waals surface area (Å²) in [6.45, 7) is 4.58. The summed E-state index contributed by atoms with van der Waals surface area (Å²) in [5, 5.41) is 20.5. The first kappa shape index (κ1) is 23.6. The van der Waals surface area contributed by atoms with Crippen LogP contribution in [-0.4, -0.2) is 30.0 Å². The van der Waals surface area contributed by atoms with E-state index in [1.165, 1.54) is 0 Å². The standard InChI is InChI=1S/C29H29BO4/c1-22(21-33-26-13-6-3-7-14-26)27-18-19-30(32)34-29(27)17-16-24(23-10-4-2-5-11-23)20-25-12-8-9-15-28(25)31/h2-15,18,20,29,31-32H,1,16-17,19,21H2/b24-20-. The van der Waals surface area contributed by atoms with Crippen LogP contribution in [0.1, 0.15) is 24.0 Å². The number of benzene rings is 3. The Balaban J connectivity index is 1.50. The molecule has 0 aromatic heterocycles. The zero-order chi connectivity index (χ0) is 23.8. The number of hydrogen-bond donors (Lipinski definition) is 2. The van der Waals surface area contributed by atoms with Crippen molar-refractivity contribution >= 4 is 18.8 Å². The monoisotopic (exact) mass is 452 g/mol. The van der Waals surface area contributed by atoms with Crippen molar-refractivity contribution in [1.29, 1.82) is 0 Å². The highest BCUT2D eigenvalue weighted by atomic mass is 16.5. The van der Waals surface area contributed by atoms with Gasteiger partial charge in [-0.05, 0) is 59.4 Å². The molecule has 3 aromatic rings. The van der Waals surface area contributed by atoms with Crippen LogP contribution >= 0.6 is 0 Å². The van der Waals surface area contributed by atoms with E-state index in [0.29, 0.717) is 25.8 Å². The fraction of sp³-hybridized carbons (Fsp3) is 0.172. The number of para-hydroxylation sites is 2. The molecule has 172 valence electrons. The molecule has 5 heteroatoms. The van der Waals surface area contributed by atoms with Gasteiger partial charge in [0.05, 0.1) is 6.10 Å². The van der Waals surface area contributed by atoms with Crippen molar-refractivity contribution in [3.63, 3.8) is 0 Å². The van der Waals surface area contributed by atoms with Crippen LogP contribution in [0.15, 0.2) is 109 Å². The second kappa shape index (κ2) is 11.5. The first-order valence-electron chi connectivity index (χ1n) is 11.5. The molecule has 0 radical (unpaired) electrons. The maximum absolute atomic E-state index is 10.3. The van der Waals surface area contributed by atoms with Crippen LogP contribution in [0.5, 0.6) is 11.5 Å². The molecule has 1 heterocycles. The molecule has 4 rings (SSSR count). The minimum Gasteiger partial charge on any atom is -0.507 e. The molecule has 1 aliphatic rings. The first-order chi connectivity index (χ1) is 16.6. The van der Waals surface area contributed by atoms with E-state index in [-0.39, 0.29) is 11.9 Å². The summed E-state index contributed by atoms with van der Waals surface area (Å²) >= 11 is 0. The number of phenolic OH excluding ortho intramolecular Hbond substituents is 1. The van der Waals surface area contributed by atoms with E-state index in [1.54, 1.807) is 6.07 Å². The van der Waals surface area contributed by atoms with Gasteiger partial charge in [0.15, 0.2) is 0 Å². The van der Waals surface area contributed by atoms with Gasteiger partial charge in [0.25, 0.3) is 0 Å². The van der Waals surface area contributed by atoms with E-state index in [2.05, 4.69) is 18.7 Å². The Morgan fingerprint density at radius 3 is 2.41 bits per heavy atom. The van der Waals surface area contributed by atoms with Gasteiger partial charge in [-0.1, -0.05) is 79.4 Å².